The van der Waals surface area contributed by atoms with Gasteiger partial charge < -0.3 is 31.9 Å². The molecule has 0 aromatic heterocycles. The van der Waals surface area contributed by atoms with Crippen LogP contribution in [0.4, 0.5) is 10.5 Å². The number of hydrogen-bond donors (Lipinski definition) is 7. The summed E-state index contributed by atoms with van der Waals surface area (Å²) in [5.41, 5.74) is 6.20. The normalized spacial score (nSPS) is 10.0. The average Bonchev–Trinajstić information content (AvgIpc) is 2.52. The molecule has 0 atom stereocenters. The summed E-state index contributed by atoms with van der Waals surface area (Å²) >= 11 is 0. The molecule has 0 aliphatic heterocycles. The van der Waals surface area contributed by atoms with Crippen molar-refractivity contribution in [2.75, 3.05) is 11.9 Å². The van der Waals surface area contributed by atoms with Crippen LogP contribution in [0.3, 0.4) is 0 Å². The van der Waals surface area contributed by atoms with Gasteiger partial charge in [0.2, 0.25) is 5.91 Å². The van der Waals surface area contributed by atoms with Crippen molar-refractivity contribution in [2.45, 2.75) is 18.9 Å². The Morgan fingerprint density at radius 1 is 1.04 bits per heavy atom. The Morgan fingerprint density at radius 2 is 1.58 bits per heavy atom. The number of carboxylic acids is 2. The van der Waals surface area contributed by atoms with Crippen LogP contribution in [0.5, 0.6) is 0 Å². The van der Waals surface area contributed by atoms with Gasteiger partial charge in [0.25, 0.3) is 0 Å². The molecule has 0 aliphatic carbocycles. The average molecular weight is 365 g/mol. The van der Waals surface area contributed by atoms with Crippen LogP contribution in [-0.4, -0.2) is 52.5 Å². The van der Waals surface area contributed by atoms with Crippen LogP contribution >= 0.6 is 0 Å². The van der Waals surface area contributed by atoms with Gasteiger partial charge in [0.05, 0.1) is 19.4 Å². The number of carboxylic acid groups (broad SMARTS) is 2. The summed E-state index contributed by atoms with van der Waals surface area (Å²) < 4.78 is 0. The highest BCUT2D eigenvalue weighted by Gasteiger charge is 2.19. The third-order valence-electron chi connectivity index (χ3n) is 3.07. The summed E-state index contributed by atoms with van der Waals surface area (Å²) in [7, 11) is 0. The molecule has 140 valence electrons. The Labute approximate surface area is 148 Å². The smallest absolute Gasteiger partial charge is 0.319 e. The van der Waals surface area contributed by atoms with E-state index in [-0.39, 0.29) is 5.84 Å². The zero-order valence-electron chi connectivity index (χ0n) is 13.6. The van der Waals surface area contributed by atoms with Gasteiger partial charge in [0, 0.05) is 17.3 Å². The number of nitrogen functional groups attached to an aromatic ring is 1. The van der Waals surface area contributed by atoms with E-state index in [4.69, 9.17) is 21.4 Å². The molecular formula is C15H19N5O6. The van der Waals surface area contributed by atoms with Crippen molar-refractivity contribution in [3.05, 3.63) is 29.8 Å². The van der Waals surface area contributed by atoms with Crippen LogP contribution in [0.15, 0.2) is 24.3 Å². The summed E-state index contributed by atoms with van der Waals surface area (Å²) in [6.45, 7) is -0.465. The van der Waals surface area contributed by atoms with E-state index in [0.29, 0.717) is 11.3 Å². The largest absolute Gasteiger partial charge is 0.481 e. The molecule has 3 amide bonds. The molecule has 0 radical (unpaired) electrons. The minimum atomic E-state index is -1.25. The lowest BCUT2D eigenvalue weighted by molar-refractivity contribution is -0.139. The Hall–Kier alpha value is -3.63. The standard InChI is InChI=1S/C15H19N5O6/c16-14(17)8-1-3-9(4-2-8)20-15(26)18-7-11(21)19-10(5-12(22)23)6-13(24)25/h1-4,10H,5-7H2,(H3,16,17)(H,19,21)(H,22,23)(H,24,25)(H2,18,20,26). The molecule has 11 nitrogen and oxygen atoms in total. The fourth-order valence-corrected chi connectivity index (χ4v) is 1.94. The van der Waals surface area contributed by atoms with Gasteiger partial charge >= 0.3 is 18.0 Å². The summed E-state index contributed by atoms with van der Waals surface area (Å²) in [5, 5.41) is 31.6. The Bertz CT molecular complexity index is 687. The maximum Gasteiger partial charge on any atom is 0.319 e. The van der Waals surface area contributed by atoms with Crippen molar-refractivity contribution in [3.8, 4) is 0 Å². The molecule has 8 N–H and O–H groups in total. The lowest BCUT2D eigenvalue weighted by Gasteiger charge is -2.15. The fraction of sp³-hybridized carbons (Fsp3) is 0.267. The number of anilines is 1. The van der Waals surface area contributed by atoms with Crippen LogP contribution in [0.2, 0.25) is 0 Å². The van der Waals surface area contributed by atoms with Gasteiger partial charge in [0.1, 0.15) is 5.84 Å². The number of carbonyl (C=O) groups excluding carboxylic acids is 2. The third kappa shape index (κ3) is 7.77. The first-order valence-electron chi connectivity index (χ1n) is 7.39. The first kappa shape index (κ1) is 20.4. The van der Waals surface area contributed by atoms with Crippen molar-refractivity contribution >= 4 is 35.4 Å². The van der Waals surface area contributed by atoms with E-state index in [0.717, 1.165) is 0 Å². The first-order chi connectivity index (χ1) is 12.2. The lowest BCUT2D eigenvalue weighted by atomic mass is 10.1. The molecule has 0 spiro atoms. The second kappa shape index (κ2) is 9.61. The van der Waals surface area contributed by atoms with Gasteiger partial charge in [-0.05, 0) is 24.3 Å². The summed E-state index contributed by atoms with van der Waals surface area (Å²) in [4.78, 5) is 44.8. The Balaban J connectivity index is 2.47. The number of nitrogens with one attached hydrogen (secondary N) is 4. The zero-order chi connectivity index (χ0) is 19.7. The maximum atomic E-state index is 11.7. The van der Waals surface area contributed by atoms with Gasteiger partial charge in [-0.2, -0.15) is 0 Å². The van der Waals surface area contributed by atoms with E-state index in [1.165, 1.54) is 24.3 Å². The van der Waals surface area contributed by atoms with Crippen molar-refractivity contribution in [1.82, 2.24) is 10.6 Å². The van der Waals surface area contributed by atoms with E-state index in [2.05, 4.69) is 16.0 Å². The first-order valence-corrected chi connectivity index (χ1v) is 7.39. The molecule has 11 heteroatoms. The Kier molecular flexibility index (Phi) is 7.55. The lowest BCUT2D eigenvalue weighted by Crippen LogP contribution is -2.44. The molecule has 1 rings (SSSR count). The molecule has 0 bridgehead atoms. The van der Waals surface area contributed by atoms with Gasteiger partial charge in [0.15, 0.2) is 0 Å². The number of urea groups is 1. The monoisotopic (exact) mass is 365 g/mol. The number of aliphatic carboxylic acids is 2. The third-order valence-corrected chi connectivity index (χ3v) is 3.07. The zero-order valence-corrected chi connectivity index (χ0v) is 13.6. The Morgan fingerprint density at radius 3 is 2.04 bits per heavy atom. The minimum Gasteiger partial charge on any atom is -0.481 e. The molecule has 0 unspecified atom stereocenters. The van der Waals surface area contributed by atoms with Crippen molar-refractivity contribution in [1.29, 1.82) is 5.41 Å². The van der Waals surface area contributed by atoms with Crippen molar-refractivity contribution in [3.63, 3.8) is 0 Å². The van der Waals surface area contributed by atoms with Gasteiger partial charge in [-0.3, -0.25) is 19.8 Å². The number of nitrogens with two attached hydrogens (primary N) is 1. The predicted octanol–water partition coefficient (Wildman–Crippen LogP) is -0.474. The van der Waals surface area contributed by atoms with Gasteiger partial charge in [-0.25, -0.2) is 4.79 Å². The topological polar surface area (TPSA) is 195 Å². The highest BCUT2D eigenvalue weighted by Crippen LogP contribution is 2.08. The molecular weight excluding hydrogens is 346 g/mol. The molecule has 0 heterocycles. The van der Waals surface area contributed by atoms with E-state index in [9.17, 15) is 19.2 Å². The van der Waals surface area contributed by atoms with E-state index >= 15 is 0 Å². The second-order valence-corrected chi connectivity index (χ2v) is 5.26. The number of rotatable bonds is 9. The van der Waals surface area contributed by atoms with Crippen molar-refractivity contribution < 1.29 is 29.4 Å². The van der Waals surface area contributed by atoms with E-state index in [1.807, 2.05) is 0 Å². The number of hydrogen-bond acceptors (Lipinski definition) is 5. The van der Waals surface area contributed by atoms with Crippen LogP contribution < -0.4 is 21.7 Å². The molecule has 0 aliphatic rings. The van der Waals surface area contributed by atoms with Crippen LogP contribution in [0, 0.1) is 5.41 Å². The highest BCUT2D eigenvalue weighted by molar-refractivity contribution is 5.96. The van der Waals surface area contributed by atoms with Crippen LogP contribution in [0.1, 0.15) is 18.4 Å². The highest BCUT2D eigenvalue weighted by atomic mass is 16.4. The number of benzene rings is 1. The molecule has 0 saturated heterocycles. The summed E-state index contributed by atoms with van der Waals surface area (Å²) in [6.07, 6.45) is -1.10. The molecule has 0 fully saturated rings. The van der Waals surface area contributed by atoms with E-state index < -0.39 is 49.3 Å². The van der Waals surface area contributed by atoms with Crippen molar-refractivity contribution in [2.24, 2.45) is 5.73 Å². The molecule has 1 aromatic rings. The summed E-state index contributed by atoms with van der Waals surface area (Å²) in [6, 6.07) is 4.34. The minimum absolute atomic E-state index is 0.116. The number of amidine groups is 1. The van der Waals surface area contributed by atoms with Gasteiger partial charge in [-0.15, -0.1) is 0 Å². The fourth-order valence-electron chi connectivity index (χ4n) is 1.94. The van der Waals surface area contributed by atoms with Crippen LogP contribution in [-0.2, 0) is 14.4 Å². The van der Waals surface area contributed by atoms with E-state index in [1.54, 1.807) is 0 Å². The quantitative estimate of drug-likeness (QED) is 0.227. The second-order valence-electron chi connectivity index (χ2n) is 5.26. The molecule has 26 heavy (non-hydrogen) atoms. The number of amides is 3. The summed E-state index contributed by atoms with van der Waals surface area (Å²) in [5.74, 6) is -3.35. The maximum absolute atomic E-state index is 11.7. The SMILES string of the molecule is N=C(N)c1ccc(NC(=O)NCC(=O)NC(CC(=O)O)CC(=O)O)cc1. The van der Waals surface area contributed by atoms with Crippen LogP contribution in [0.25, 0.3) is 0 Å². The predicted molar refractivity (Wildman–Crippen MR) is 90.9 cm³/mol. The van der Waals surface area contributed by atoms with Gasteiger partial charge in [-0.1, -0.05) is 0 Å². The molecule has 1 aromatic carbocycles. The molecule has 0 saturated carbocycles. The number of carbonyl (C=O) groups is 4.